The van der Waals surface area contributed by atoms with E-state index < -0.39 is 0 Å². The molecule has 3 rings (SSSR count). The molecule has 4 heteroatoms. The Morgan fingerprint density at radius 3 is 2.45 bits per heavy atom. The maximum Gasteiger partial charge on any atom is 0.164 e. The van der Waals surface area contributed by atoms with Gasteiger partial charge in [0.15, 0.2) is 11.5 Å². The molecule has 20 heavy (non-hydrogen) atoms. The molecule has 0 spiro atoms. The number of aromatic hydroxyl groups is 1. The van der Waals surface area contributed by atoms with Crippen LogP contribution in [0.25, 0.3) is 0 Å². The molecule has 110 valence electrons. The third kappa shape index (κ3) is 2.12. The standard InChI is InChI=1S/C16H23NO3/c1-10(6-7-17)13-11-4-2-9-20-16(11)14(18)12-5-3-8-19-15(12)13/h10,18H,2-9,17H2,1H3. The van der Waals surface area contributed by atoms with Crippen molar-refractivity contribution >= 4 is 0 Å². The number of phenols is 1. The van der Waals surface area contributed by atoms with Crippen LogP contribution in [-0.4, -0.2) is 24.9 Å². The average molecular weight is 277 g/mol. The van der Waals surface area contributed by atoms with E-state index in [4.69, 9.17) is 15.2 Å². The first kappa shape index (κ1) is 13.6. The van der Waals surface area contributed by atoms with Gasteiger partial charge in [-0.2, -0.15) is 0 Å². The lowest BCUT2D eigenvalue weighted by molar-refractivity contribution is 0.252. The van der Waals surface area contributed by atoms with Crippen molar-refractivity contribution in [3.63, 3.8) is 0 Å². The van der Waals surface area contributed by atoms with Crippen molar-refractivity contribution < 1.29 is 14.6 Å². The molecule has 0 saturated carbocycles. The van der Waals surface area contributed by atoms with E-state index in [9.17, 15) is 5.11 Å². The molecule has 0 saturated heterocycles. The molecular weight excluding hydrogens is 254 g/mol. The number of rotatable bonds is 3. The van der Waals surface area contributed by atoms with Crippen molar-refractivity contribution in [2.45, 2.75) is 44.9 Å². The Hall–Kier alpha value is -1.42. The van der Waals surface area contributed by atoms with Crippen LogP contribution in [0.2, 0.25) is 0 Å². The van der Waals surface area contributed by atoms with Crippen molar-refractivity contribution in [2.75, 3.05) is 19.8 Å². The molecule has 0 aromatic heterocycles. The van der Waals surface area contributed by atoms with Crippen LogP contribution in [0.5, 0.6) is 17.2 Å². The highest BCUT2D eigenvalue weighted by Gasteiger charge is 2.31. The Kier molecular flexibility index (Phi) is 3.74. The Labute approximate surface area is 119 Å². The highest BCUT2D eigenvalue weighted by Crippen LogP contribution is 2.50. The smallest absolute Gasteiger partial charge is 0.164 e. The molecular formula is C16H23NO3. The van der Waals surface area contributed by atoms with Crippen LogP contribution in [0.4, 0.5) is 0 Å². The highest BCUT2D eigenvalue weighted by atomic mass is 16.5. The van der Waals surface area contributed by atoms with Gasteiger partial charge in [0.25, 0.3) is 0 Å². The van der Waals surface area contributed by atoms with E-state index in [1.54, 1.807) is 0 Å². The number of fused-ring (bicyclic) bond motifs is 2. The maximum atomic E-state index is 10.5. The van der Waals surface area contributed by atoms with Crippen molar-refractivity contribution in [1.29, 1.82) is 0 Å². The first-order valence-corrected chi connectivity index (χ1v) is 7.60. The molecule has 2 heterocycles. The fourth-order valence-electron chi connectivity index (χ4n) is 3.37. The summed E-state index contributed by atoms with van der Waals surface area (Å²) in [6, 6.07) is 0. The zero-order valence-corrected chi connectivity index (χ0v) is 12.1. The predicted molar refractivity (Wildman–Crippen MR) is 77.8 cm³/mol. The zero-order chi connectivity index (χ0) is 14.1. The molecule has 0 aliphatic carbocycles. The van der Waals surface area contributed by atoms with Gasteiger partial charge in [0.1, 0.15) is 5.75 Å². The van der Waals surface area contributed by atoms with E-state index in [0.717, 1.165) is 55.6 Å². The minimum Gasteiger partial charge on any atom is -0.504 e. The van der Waals surface area contributed by atoms with E-state index in [1.807, 2.05) is 0 Å². The summed E-state index contributed by atoms with van der Waals surface area (Å²) in [5.41, 5.74) is 9.01. The summed E-state index contributed by atoms with van der Waals surface area (Å²) in [5.74, 6) is 2.24. The van der Waals surface area contributed by atoms with Gasteiger partial charge in [0, 0.05) is 16.7 Å². The van der Waals surface area contributed by atoms with Crippen molar-refractivity contribution in [2.24, 2.45) is 5.73 Å². The van der Waals surface area contributed by atoms with Gasteiger partial charge in [-0.15, -0.1) is 0 Å². The maximum absolute atomic E-state index is 10.5. The molecule has 2 aliphatic heterocycles. The topological polar surface area (TPSA) is 64.7 Å². The second-order valence-corrected chi connectivity index (χ2v) is 5.76. The minimum atomic E-state index is 0.304. The van der Waals surface area contributed by atoms with Gasteiger partial charge in [-0.25, -0.2) is 0 Å². The second-order valence-electron chi connectivity index (χ2n) is 5.76. The van der Waals surface area contributed by atoms with E-state index in [0.29, 0.717) is 30.6 Å². The number of nitrogens with two attached hydrogens (primary N) is 1. The third-order valence-corrected chi connectivity index (χ3v) is 4.35. The first-order chi connectivity index (χ1) is 9.74. The van der Waals surface area contributed by atoms with Gasteiger partial charge in [-0.1, -0.05) is 6.92 Å². The molecule has 1 unspecified atom stereocenters. The van der Waals surface area contributed by atoms with Gasteiger partial charge in [0.2, 0.25) is 0 Å². The van der Waals surface area contributed by atoms with E-state index in [2.05, 4.69) is 6.92 Å². The van der Waals surface area contributed by atoms with Crippen LogP contribution in [0.1, 0.15) is 48.8 Å². The number of benzene rings is 1. The Bertz CT molecular complexity index is 476. The largest absolute Gasteiger partial charge is 0.504 e. The highest BCUT2D eigenvalue weighted by molar-refractivity contribution is 5.64. The van der Waals surface area contributed by atoms with E-state index in [1.165, 1.54) is 5.56 Å². The van der Waals surface area contributed by atoms with Crippen LogP contribution >= 0.6 is 0 Å². The SMILES string of the molecule is CC(CCN)c1c2c(c(O)c3c1OCCC3)OCCC2. The molecule has 1 aromatic carbocycles. The van der Waals surface area contributed by atoms with Gasteiger partial charge >= 0.3 is 0 Å². The van der Waals surface area contributed by atoms with Gasteiger partial charge in [-0.3, -0.25) is 0 Å². The summed E-state index contributed by atoms with van der Waals surface area (Å²) < 4.78 is 11.7. The van der Waals surface area contributed by atoms with Gasteiger partial charge in [0.05, 0.1) is 13.2 Å². The van der Waals surface area contributed by atoms with Gasteiger partial charge < -0.3 is 20.3 Å². The first-order valence-electron chi connectivity index (χ1n) is 7.60. The summed E-state index contributed by atoms with van der Waals surface area (Å²) in [6.45, 7) is 4.26. The lowest BCUT2D eigenvalue weighted by Gasteiger charge is -2.31. The molecule has 1 atom stereocenters. The molecule has 2 aliphatic rings. The number of ether oxygens (including phenoxy) is 2. The average Bonchev–Trinajstić information content (AvgIpc) is 2.48. The molecule has 4 nitrogen and oxygen atoms in total. The third-order valence-electron chi connectivity index (χ3n) is 4.35. The van der Waals surface area contributed by atoms with E-state index in [-0.39, 0.29) is 0 Å². The monoisotopic (exact) mass is 277 g/mol. The summed E-state index contributed by atoms with van der Waals surface area (Å²) in [5, 5.41) is 10.5. The van der Waals surface area contributed by atoms with Crippen molar-refractivity contribution in [1.82, 2.24) is 0 Å². The molecule has 0 radical (unpaired) electrons. The Morgan fingerprint density at radius 1 is 1.10 bits per heavy atom. The zero-order valence-electron chi connectivity index (χ0n) is 12.1. The number of phenolic OH excluding ortho intramolecular Hbond substituents is 1. The van der Waals surface area contributed by atoms with Crippen LogP contribution in [0.15, 0.2) is 0 Å². The van der Waals surface area contributed by atoms with Crippen LogP contribution in [0.3, 0.4) is 0 Å². The normalized spacial score (nSPS) is 18.5. The Morgan fingerprint density at radius 2 is 1.75 bits per heavy atom. The molecule has 0 bridgehead atoms. The molecule has 1 aromatic rings. The molecule has 3 N–H and O–H groups in total. The van der Waals surface area contributed by atoms with Gasteiger partial charge in [-0.05, 0) is 44.6 Å². The molecule has 0 amide bonds. The fraction of sp³-hybridized carbons (Fsp3) is 0.625. The second kappa shape index (κ2) is 5.52. The lowest BCUT2D eigenvalue weighted by Crippen LogP contribution is -2.19. The summed E-state index contributed by atoms with van der Waals surface area (Å²) >= 11 is 0. The van der Waals surface area contributed by atoms with Crippen molar-refractivity contribution in [3.8, 4) is 17.2 Å². The molecule has 0 fully saturated rings. The van der Waals surface area contributed by atoms with Crippen LogP contribution in [0, 0.1) is 0 Å². The van der Waals surface area contributed by atoms with E-state index >= 15 is 0 Å². The quantitative estimate of drug-likeness (QED) is 0.891. The fourth-order valence-corrected chi connectivity index (χ4v) is 3.37. The Balaban J connectivity index is 2.19. The lowest BCUT2D eigenvalue weighted by atomic mass is 9.85. The number of hydrogen-bond donors (Lipinski definition) is 2. The number of hydrogen-bond acceptors (Lipinski definition) is 4. The summed E-state index contributed by atoms with van der Waals surface area (Å²) in [6.07, 6.45) is 4.68. The summed E-state index contributed by atoms with van der Waals surface area (Å²) in [7, 11) is 0. The minimum absolute atomic E-state index is 0.304. The predicted octanol–water partition coefficient (Wildman–Crippen LogP) is 2.49. The van der Waals surface area contributed by atoms with Crippen LogP contribution < -0.4 is 15.2 Å². The summed E-state index contributed by atoms with van der Waals surface area (Å²) in [4.78, 5) is 0. The van der Waals surface area contributed by atoms with Crippen molar-refractivity contribution in [3.05, 3.63) is 16.7 Å². The van der Waals surface area contributed by atoms with Crippen LogP contribution in [-0.2, 0) is 12.8 Å².